The first-order valence-electron chi connectivity index (χ1n) is 6.96. The van der Waals surface area contributed by atoms with Crippen molar-refractivity contribution in [3.05, 3.63) is 81.9 Å². The molecule has 0 radical (unpaired) electrons. The predicted octanol–water partition coefficient (Wildman–Crippen LogP) is 6.44. The Morgan fingerprint density at radius 1 is 0.810 bits per heavy atom. The van der Waals surface area contributed by atoms with Gasteiger partial charge < -0.3 is 0 Å². The Morgan fingerprint density at radius 2 is 1.52 bits per heavy atom. The maximum atomic E-state index is 6.80. The van der Waals surface area contributed by atoms with E-state index in [2.05, 4.69) is 38.1 Å². The Hall–Kier alpha value is -1.50. The van der Waals surface area contributed by atoms with Crippen LogP contribution in [0.1, 0.15) is 27.6 Å². The Balaban J connectivity index is 2.20. The molecular weight excluding hydrogens is 299 g/mol. The lowest BCUT2D eigenvalue weighted by Crippen LogP contribution is -1.98. The zero-order chi connectivity index (χ0) is 15.0. The zero-order valence-corrected chi connectivity index (χ0v) is 13.5. The topological polar surface area (TPSA) is 0 Å². The molecule has 0 amide bonds. The van der Waals surface area contributed by atoms with E-state index in [-0.39, 0.29) is 5.38 Å². The van der Waals surface area contributed by atoms with Crippen LogP contribution in [0, 0.1) is 13.8 Å². The van der Waals surface area contributed by atoms with Gasteiger partial charge in [-0.1, -0.05) is 65.7 Å². The van der Waals surface area contributed by atoms with E-state index in [0.29, 0.717) is 0 Å². The molecule has 1 unspecified atom stereocenters. The molecule has 0 saturated carbocycles. The van der Waals surface area contributed by atoms with E-state index in [1.807, 2.05) is 30.3 Å². The van der Waals surface area contributed by atoms with Crippen molar-refractivity contribution in [3.63, 3.8) is 0 Å². The van der Waals surface area contributed by atoms with E-state index in [0.717, 1.165) is 26.9 Å². The standard InChI is InChI=1S/C19H16Cl2/c1-12-7-8-13(2)17(11-12)19(21)16-9-10-18(20)15-6-4-3-5-14(15)16/h3-11,19H,1-2H3. The second-order valence-corrected chi connectivity index (χ2v) is 6.25. The fraction of sp³-hybridized carbons (Fsp3) is 0.158. The van der Waals surface area contributed by atoms with E-state index in [9.17, 15) is 0 Å². The maximum absolute atomic E-state index is 6.80. The summed E-state index contributed by atoms with van der Waals surface area (Å²) in [5, 5.41) is 2.75. The van der Waals surface area contributed by atoms with Crippen LogP contribution in [0.15, 0.2) is 54.6 Å². The molecule has 1 atom stereocenters. The van der Waals surface area contributed by atoms with E-state index < -0.39 is 0 Å². The Labute approximate surface area is 135 Å². The van der Waals surface area contributed by atoms with Crippen molar-refractivity contribution in [3.8, 4) is 0 Å². The van der Waals surface area contributed by atoms with Crippen molar-refractivity contribution in [2.45, 2.75) is 19.2 Å². The smallest absolute Gasteiger partial charge is 0.0844 e. The van der Waals surface area contributed by atoms with Gasteiger partial charge >= 0.3 is 0 Å². The Bertz CT molecular complexity index is 806. The molecule has 106 valence electrons. The first-order chi connectivity index (χ1) is 10.1. The number of halogens is 2. The first kappa shape index (κ1) is 14.4. The van der Waals surface area contributed by atoms with Gasteiger partial charge in [0.15, 0.2) is 0 Å². The van der Waals surface area contributed by atoms with E-state index in [4.69, 9.17) is 23.2 Å². The van der Waals surface area contributed by atoms with Gasteiger partial charge in [0.2, 0.25) is 0 Å². The average molecular weight is 315 g/mol. The largest absolute Gasteiger partial charge is 0.113 e. The zero-order valence-electron chi connectivity index (χ0n) is 12.0. The third kappa shape index (κ3) is 2.66. The molecule has 3 rings (SSSR count). The van der Waals surface area contributed by atoms with Gasteiger partial charge in [0.05, 0.1) is 5.38 Å². The highest BCUT2D eigenvalue weighted by molar-refractivity contribution is 6.36. The summed E-state index contributed by atoms with van der Waals surface area (Å²) in [5.74, 6) is 0. The van der Waals surface area contributed by atoms with Gasteiger partial charge in [-0.3, -0.25) is 0 Å². The lowest BCUT2D eigenvalue weighted by molar-refractivity contribution is 1.12. The van der Waals surface area contributed by atoms with Crippen molar-refractivity contribution in [2.75, 3.05) is 0 Å². The number of hydrogen-bond acceptors (Lipinski definition) is 0. The molecule has 0 fully saturated rings. The van der Waals surface area contributed by atoms with E-state index >= 15 is 0 Å². The first-order valence-corrected chi connectivity index (χ1v) is 7.78. The van der Waals surface area contributed by atoms with Crippen molar-refractivity contribution in [1.29, 1.82) is 0 Å². The van der Waals surface area contributed by atoms with Crippen molar-refractivity contribution in [1.82, 2.24) is 0 Å². The van der Waals surface area contributed by atoms with Crippen LogP contribution in [-0.2, 0) is 0 Å². The van der Waals surface area contributed by atoms with Crippen LogP contribution in [0.5, 0.6) is 0 Å². The molecule has 0 aromatic heterocycles. The highest BCUT2D eigenvalue weighted by atomic mass is 35.5. The molecule has 0 aliphatic carbocycles. The van der Waals surface area contributed by atoms with Gasteiger partial charge in [0.1, 0.15) is 0 Å². The minimum atomic E-state index is -0.174. The summed E-state index contributed by atoms with van der Waals surface area (Å²) in [6.07, 6.45) is 0. The van der Waals surface area contributed by atoms with Crippen LogP contribution in [0.2, 0.25) is 5.02 Å². The number of benzene rings is 3. The molecule has 3 aromatic rings. The third-order valence-corrected chi connectivity index (χ3v) is 4.69. The monoisotopic (exact) mass is 314 g/mol. The van der Waals surface area contributed by atoms with Crippen LogP contribution in [0.25, 0.3) is 10.8 Å². The maximum Gasteiger partial charge on any atom is 0.0844 e. The summed E-state index contributed by atoms with van der Waals surface area (Å²) >= 11 is 13.1. The molecule has 3 aromatic carbocycles. The van der Waals surface area contributed by atoms with Gasteiger partial charge in [-0.05, 0) is 42.0 Å². The molecular formula is C19H16Cl2. The van der Waals surface area contributed by atoms with Crippen LogP contribution >= 0.6 is 23.2 Å². The quantitative estimate of drug-likeness (QED) is 0.477. The molecule has 0 aliphatic rings. The number of fused-ring (bicyclic) bond motifs is 1. The Morgan fingerprint density at radius 3 is 2.29 bits per heavy atom. The summed E-state index contributed by atoms with van der Waals surface area (Å²) in [7, 11) is 0. The number of hydrogen-bond donors (Lipinski definition) is 0. The van der Waals surface area contributed by atoms with Crippen molar-refractivity contribution >= 4 is 34.0 Å². The van der Waals surface area contributed by atoms with Gasteiger partial charge in [-0.25, -0.2) is 0 Å². The Kier molecular flexibility index (Phi) is 3.93. The summed E-state index contributed by atoms with van der Waals surface area (Å²) in [5.41, 5.74) is 4.69. The lowest BCUT2D eigenvalue weighted by Gasteiger charge is -2.17. The van der Waals surface area contributed by atoms with Gasteiger partial charge in [-0.2, -0.15) is 0 Å². The number of rotatable bonds is 2. The normalized spacial score (nSPS) is 12.6. The summed E-state index contributed by atoms with van der Waals surface area (Å²) < 4.78 is 0. The van der Waals surface area contributed by atoms with E-state index in [1.54, 1.807) is 0 Å². The average Bonchev–Trinajstić information content (AvgIpc) is 2.50. The predicted molar refractivity (Wildman–Crippen MR) is 92.6 cm³/mol. The molecule has 0 nitrogen and oxygen atoms in total. The SMILES string of the molecule is Cc1ccc(C)c(C(Cl)c2ccc(Cl)c3ccccc23)c1. The second kappa shape index (κ2) is 5.71. The number of aryl methyl sites for hydroxylation is 2. The summed E-state index contributed by atoms with van der Waals surface area (Å²) in [4.78, 5) is 0. The van der Waals surface area contributed by atoms with E-state index in [1.165, 1.54) is 11.1 Å². The van der Waals surface area contributed by atoms with Crippen molar-refractivity contribution < 1.29 is 0 Å². The van der Waals surface area contributed by atoms with Gasteiger partial charge in [0.25, 0.3) is 0 Å². The molecule has 0 spiro atoms. The molecule has 0 saturated heterocycles. The minimum Gasteiger partial charge on any atom is -0.113 e. The lowest BCUT2D eigenvalue weighted by atomic mass is 9.94. The van der Waals surface area contributed by atoms with Crippen molar-refractivity contribution in [2.24, 2.45) is 0 Å². The molecule has 0 bridgehead atoms. The van der Waals surface area contributed by atoms with Gasteiger partial charge in [-0.15, -0.1) is 11.6 Å². The molecule has 2 heteroatoms. The summed E-state index contributed by atoms with van der Waals surface area (Å²) in [6.45, 7) is 4.19. The summed E-state index contributed by atoms with van der Waals surface area (Å²) in [6, 6.07) is 18.5. The third-order valence-electron chi connectivity index (χ3n) is 3.89. The second-order valence-electron chi connectivity index (χ2n) is 5.40. The van der Waals surface area contributed by atoms with Crippen LogP contribution in [0.3, 0.4) is 0 Å². The van der Waals surface area contributed by atoms with Crippen LogP contribution in [-0.4, -0.2) is 0 Å². The molecule has 0 N–H and O–H groups in total. The highest BCUT2D eigenvalue weighted by Gasteiger charge is 2.16. The van der Waals surface area contributed by atoms with Crippen LogP contribution in [0.4, 0.5) is 0 Å². The molecule has 0 heterocycles. The molecule has 0 aliphatic heterocycles. The highest BCUT2D eigenvalue weighted by Crippen LogP contribution is 2.37. The fourth-order valence-electron chi connectivity index (χ4n) is 2.71. The number of alkyl halides is 1. The van der Waals surface area contributed by atoms with Gasteiger partial charge in [0, 0.05) is 10.4 Å². The molecule has 21 heavy (non-hydrogen) atoms. The minimum absolute atomic E-state index is 0.174. The fourth-order valence-corrected chi connectivity index (χ4v) is 3.36. The van der Waals surface area contributed by atoms with Crippen LogP contribution < -0.4 is 0 Å².